The molecular formula is C35H59NO3. The molecule has 10 atom stereocenters. The summed E-state index contributed by atoms with van der Waals surface area (Å²) in [6.07, 6.45) is 13.9. The lowest BCUT2D eigenvalue weighted by Crippen LogP contribution is -2.67. The van der Waals surface area contributed by atoms with Gasteiger partial charge in [0.05, 0.1) is 11.5 Å². The summed E-state index contributed by atoms with van der Waals surface area (Å²) >= 11 is 0. The third-order valence-electron chi connectivity index (χ3n) is 14.6. The van der Waals surface area contributed by atoms with Gasteiger partial charge >= 0.3 is 0 Å². The molecule has 0 aromatic heterocycles. The van der Waals surface area contributed by atoms with E-state index in [1.54, 1.807) is 0 Å². The van der Waals surface area contributed by atoms with Crippen molar-refractivity contribution < 1.29 is 15.0 Å². The van der Waals surface area contributed by atoms with Crippen molar-refractivity contribution in [1.82, 2.24) is 5.32 Å². The van der Waals surface area contributed by atoms with Crippen LogP contribution in [0.5, 0.6) is 0 Å². The Morgan fingerprint density at radius 1 is 0.846 bits per heavy atom. The molecule has 0 heterocycles. The predicted molar refractivity (Wildman–Crippen MR) is 159 cm³/mol. The molecule has 5 aliphatic carbocycles. The van der Waals surface area contributed by atoms with Crippen molar-refractivity contribution in [1.29, 1.82) is 0 Å². The summed E-state index contributed by atoms with van der Waals surface area (Å²) in [7, 11) is 0. The van der Waals surface area contributed by atoms with Crippen LogP contribution in [0.2, 0.25) is 0 Å². The second-order valence-corrected chi connectivity index (χ2v) is 16.3. The summed E-state index contributed by atoms with van der Waals surface area (Å²) < 4.78 is 0. The van der Waals surface area contributed by atoms with Crippen LogP contribution in [0.4, 0.5) is 0 Å². The molecule has 5 rings (SSSR count). The van der Waals surface area contributed by atoms with E-state index < -0.39 is 0 Å². The molecule has 39 heavy (non-hydrogen) atoms. The zero-order valence-corrected chi connectivity index (χ0v) is 26.1. The first-order valence-electron chi connectivity index (χ1n) is 16.5. The fraction of sp³-hybridized carbons (Fsp3) is 0.914. The van der Waals surface area contributed by atoms with Crippen LogP contribution < -0.4 is 5.32 Å². The van der Waals surface area contributed by atoms with Gasteiger partial charge in [0.15, 0.2) is 0 Å². The van der Waals surface area contributed by atoms with Gasteiger partial charge in [0.1, 0.15) is 0 Å². The minimum Gasteiger partial charge on any atom is -0.396 e. The van der Waals surface area contributed by atoms with Crippen molar-refractivity contribution in [2.45, 2.75) is 131 Å². The number of amides is 1. The molecule has 3 N–H and O–H groups in total. The Bertz CT molecular complexity index is 960. The van der Waals surface area contributed by atoms with E-state index in [1.165, 1.54) is 31.3 Å². The molecule has 0 bridgehead atoms. The third-order valence-corrected chi connectivity index (χ3v) is 14.6. The van der Waals surface area contributed by atoms with Crippen molar-refractivity contribution >= 4 is 5.91 Å². The molecule has 4 nitrogen and oxygen atoms in total. The first-order valence-corrected chi connectivity index (χ1v) is 16.5. The Morgan fingerprint density at radius 3 is 2.28 bits per heavy atom. The Labute approximate surface area is 239 Å². The summed E-state index contributed by atoms with van der Waals surface area (Å²) in [6, 6.07) is 0. The number of carbonyl (C=O) groups is 1. The molecule has 0 unspecified atom stereocenters. The second-order valence-electron chi connectivity index (χ2n) is 16.3. The quantitative estimate of drug-likeness (QED) is 0.234. The van der Waals surface area contributed by atoms with Crippen molar-refractivity contribution in [3.05, 3.63) is 12.2 Å². The van der Waals surface area contributed by atoms with E-state index in [4.69, 9.17) is 5.11 Å². The van der Waals surface area contributed by atoms with Crippen molar-refractivity contribution in [3.63, 3.8) is 0 Å². The van der Waals surface area contributed by atoms with E-state index in [1.807, 2.05) is 0 Å². The van der Waals surface area contributed by atoms with E-state index in [-0.39, 0.29) is 39.8 Å². The molecule has 4 heteroatoms. The van der Waals surface area contributed by atoms with Crippen molar-refractivity contribution in [2.75, 3.05) is 13.2 Å². The minimum absolute atomic E-state index is 0.0143. The molecule has 1 amide bonds. The molecule has 222 valence electrons. The number of carbonyl (C=O) groups excluding carboxylic acids is 1. The van der Waals surface area contributed by atoms with Gasteiger partial charge in [-0.15, -0.1) is 0 Å². The Hall–Kier alpha value is -0.870. The fourth-order valence-corrected chi connectivity index (χ4v) is 12.3. The maximum absolute atomic E-state index is 14.1. The number of fused-ring (bicyclic) bond motifs is 7. The summed E-state index contributed by atoms with van der Waals surface area (Å²) in [5, 5.41) is 23.5. The lowest BCUT2D eigenvalue weighted by Gasteiger charge is -2.72. The highest BCUT2D eigenvalue weighted by Crippen LogP contribution is 2.77. The Kier molecular flexibility index (Phi) is 7.70. The molecule has 0 aliphatic heterocycles. The minimum atomic E-state index is -0.244. The highest BCUT2D eigenvalue weighted by Gasteiger charge is 2.71. The number of hydrogen-bond acceptors (Lipinski definition) is 3. The molecule has 5 fully saturated rings. The Morgan fingerprint density at radius 2 is 1.59 bits per heavy atom. The molecule has 0 aromatic rings. The Balaban J connectivity index is 1.46. The van der Waals surface area contributed by atoms with Crippen LogP contribution in [0.3, 0.4) is 0 Å². The van der Waals surface area contributed by atoms with Gasteiger partial charge in [-0.25, -0.2) is 0 Å². The fourth-order valence-electron chi connectivity index (χ4n) is 12.3. The van der Waals surface area contributed by atoms with Gasteiger partial charge < -0.3 is 15.5 Å². The monoisotopic (exact) mass is 541 g/mol. The van der Waals surface area contributed by atoms with Crippen LogP contribution in [0.1, 0.15) is 125 Å². The average Bonchev–Trinajstić information content (AvgIpc) is 3.28. The van der Waals surface area contributed by atoms with E-state index in [9.17, 15) is 9.90 Å². The van der Waals surface area contributed by atoms with Gasteiger partial charge in [0, 0.05) is 13.2 Å². The van der Waals surface area contributed by atoms with Crippen LogP contribution >= 0.6 is 0 Å². The second kappa shape index (κ2) is 10.1. The van der Waals surface area contributed by atoms with Gasteiger partial charge in [-0.1, -0.05) is 46.8 Å². The highest BCUT2D eigenvalue weighted by atomic mass is 16.3. The molecule has 5 aliphatic rings. The SMILES string of the molecule is C=C(C)[C@@H]1CC[C@]2(C(=O)NCCCCCO)CC[C@]3(C)[C@H](CC[C@@H]4[C@@]5(C)CC[C@H](O)C(C)(C)[C@@H]5CC[C@]43C)[C@@H]12. The maximum atomic E-state index is 14.1. The van der Waals surface area contributed by atoms with Crippen LogP contribution in [-0.4, -0.2) is 35.4 Å². The predicted octanol–water partition coefficient (Wildman–Crippen LogP) is 7.28. The van der Waals surface area contributed by atoms with E-state index in [0.29, 0.717) is 35.5 Å². The number of hydrogen-bond donors (Lipinski definition) is 3. The first kappa shape index (κ1) is 29.6. The standard InChI is InChI=1S/C35H59NO3/c1-23(2)24-13-18-35(30(39)36-21-9-8-10-22-37)20-19-33(6)25(29(24)35)11-12-27-32(5)16-15-28(38)31(3,4)26(32)14-17-34(27,33)7/h24-29,37-38H,1,8-22H2,2-7H3,(H,36,39)/t24-,25+,26-,27+,28-,29+,32-,33+,34+,35-/m0/s1. The lowest BCUT2D eigenvalue weighted by atomic mass is 9.32. The average molecular weight is 542 g/mol. The molecule has 0 spiro atoms. The molecular weight excluding hydrogens is 482 g/mol. The zero-order valence-electron chi connectivity index (χ0n) is 26.1. The molecule has 0 radical (unpaired) electrons. The summed E-state index contributed by atoms with van der Waals surface area (Å²) in [6.45, 7) is 20.2. The normalized spacial score (nSPS) is 48.3. The number of nitrogens with one attached hydrogen (secondary N) is 1. The van der Waals surface area contributed by atoms with E-state index in [2.05, 4.69) is 53.4 Å². The van der Waals surface area contributed by atoms with Gasteiger partial charge in [-0.3, -0.25) is 4.79 Å². The van der Waals surface area contributed by atoms with Crippen molar-refractivity contribution in [3.8, 4) is 0 Å². The number of unbranched alkanes of at least 4 members (excludes halogenated alkanes) is 2. The largest absolute Gasteiger partial charge is 0.396 e. The molecule has 0 aromatic carbocycles. The highest BCUT2D eigenvalue weighted by molar-refractivity contribution is 5.83. The van der Waals surface area contributed by atoms with Crippen LogP contribution in [0, 0.1) is 56.7 Å². The first-order chi connectivity index (χ1) is 18.3. The number of aliphatic hydroxyl groups is 2. The summed E-state index contributed by atoms with van der Waals surface area (Å²) in [4.78, 5) is 14.1. The number of aliphatic hydroxyl groups excluding tert-OH is 2. The maximum Gasteiger partial charge on any atom is 0.226 e. The van der Waals surface area contributed by atoms with Gasteiger partial charge in [-0.2, -0.15) is 0 Å². The van der Waals surface area contributed by atoms with Crippen LogP contribution in [-0.2, 0) is 4.79 Å². The van der Waals surface area contributed by atoms with Gasteiger partial charge in [0.25, 0.3) is 0 Å². The number of rotatable bonds is 7. The van der Waals surface area contributed by atoms with Gasteiger partial charge in [-0.05, 0) is 142 Å². The topological polar surface area (TPSA) is 69.6 Å². The molecule has 0 saturated heterocycles. The zero-order chi connectivity index (χ0) is 28.4. The van der Waals surface area contributed by atoms with Crippen LogP contribution in [0.15, 0.2) is 12.2 Å². The van der Waals surface area contributed by atoms with Gasteiger partial charge in [0.2, 0.25) is 5.91 Å². The van der Waals surface area contributed by atoms with E-state index >= 15 is 0 Å². The third kappa shape index (κ3) is 4.15. The summed E-state index contributed by atoms with van der Waals surface area (Å²) in [5.41, 5.74) is 1.82. The summed E-state index contributed by atoms with van der Waals surface area (Å²) in [5.74, 6) is 3.01. The molecule has 5 saturated carbocycles. The smallest absolute Gasteiger partial charge is 0.226 e. The number of allylic oxidation sites excluding steroid dienone is 1. The van der Waals surface area contributed by atoms with E-state index in [0.717, 1.165) is 64.3 Å². The lowest BCUT2D eigenvalue weighted by molar-refractivity contribution is -0.246. The van der Waals surface area contributed by atoms with Crippen LogP contribution in [0.25, 0.3) is 0 Å². The van der Waals surface area contributed by atoms with Crippen molar-refractivity contribution in [2.24, 2.45) is 56.7 Å².